The quantitative estimate of drug-likeness (QED) is 0.640. The molecule has 0 unspecified atom stereocenters. The topological polar surface area (TPSA) is 66.5 Å². The van der Waals surface area contributed by atoms with E-state index in [4.69, 9.17) is 0 Å². The smallest absolute Gasteiger partial charge is 0.306 e. The number of rotatable bonds is 1. The molecule has 2 aromatic heterocycles. The molecule has 0 amide bonds. The molecule has 16 heavy (non-hydrogen) atoms. The zero-order valence-electron chi connectivity index (χ0n) is 8.69. The van der Waals surface area contributed by atoms with E-state index in [1.165, 1.54) is 0 Å². The minimum atomic E-state index is -0.183. The number of aromatic amines is 2. The van der Waals surface area contributed by atoms with Gasteiger partial charge in [-0.25, -0.2) is 4.79 Å². The summed E-state index contributed by atoms with van der Waals surface area (Å²) in [6.07, 6.45) is 1.75. The predicted molar refractivity (Wildman–Crippen MR) is 61.1 cm³/mol. The summed E-state index contributed by atoms with van der Waals surface area (Å²) in [4.78, 5) is 16.6. The summed E-state index contributed by atoms with van der Waals surface area (Å²) in [5.74, 6) is 0. The fraction of sp³-hybridized carbons (Fsp3) is 0.0909. The van der Waals surface area contributed by atoms with Gasteiger partial charge in [0.2, 0.25) is 0 Å². The standard InChI is InChI=1S/C11H10N4O/c1-15-10(4-5-12-15)7-2-3-8-9(6-7)14-11(16)13-8/h2-6H,1H3,(H2,13,14,16). The van der Waals surface area contributed by atoms with Gasteiger partial charge in [0.25, 0.3) is 0 Å². The van der Waals surface area contributed by atoms with Crippen LogP contribution in [0.1, 0.15) is 0 Å². The van der Waals surface area contributed by atoms with Crippen LogP contribution in [0.2, 0.25) is 0 Å². The van der Waals surface area contributed by atoms with Crippen LogP contribution < -0.4 is 5.69 Å². The third-order valence-electron chi connectivity index (χ3n) is 2.63. The number of aryl methyl sites for hydroxylation is 1. The van der Waals surface area contributed by atoms with Crippen molar-refractivity contribution in [1.29, 1.82) is 0 Å². The van der Waals surface area contributed by atoms with E-state index in [1.807, 2.05) is 31.3 Å². The lowest BCUT2D eigenvalue weighted by Gasteiger charge is -2.01. The van der Waals surface area contributed by atoms with Crippen LogP contribution in [0.25, 0.3) is 22.3 Å². The number of nitrogens with one attached hydrogen (secondary N) is 2. The summed E-state index contributed by atoms with van der Waals surface area (Å²) in [5, 5.41) is 4.12. The lowest BCUT2D eigenvalue weighted by Crippen LogP contribution is -1.99. The number of hydrogen-bond acceptors (Lipinski definition) is 2. The maximum atomic E-state index is 11.1. The van der Waals surface area contributed by atoms with Crippen molar-refractivity contribution in [1.82, 2.24) is 19.7 Å². The van der Waals surface area contributed by atoms with Gasteiger partial charge < -0.3 is 9.97 Å². The SMILES string of the molecule is Cn1nccc1-c1ccc2[nH]c(=O)[nH]c2c1. The second kappa shape index (κ2) is 3.10. The van der Waals surface area contributed by atoms with E-state index in [0.717, 1.165) is 22.3 Å². The molecule has 0 saturated heterocycles. The summed E-state index contributed by atoms with van der Waals surface area (Å²) in [6.45, 7) is 0. The van der Waals surface area contributed by atoms with E-state index in [2.05, 4.69) is 15.1 Å². The highest BCUT2D eigenvalue weighted by Gasteiger charge is 2.04. The van der Waals surface area contributed by atoms with Crippen molar-refractivity contribution in [3.8, 4) is 11.3 Å². The van der Waals surface area contributed by atoms with Gasteiger partial charge in [0.05, 0.1) is 16.7 Å². The zero-order chi connectivity index (χ0) is 11.1. The highest BCUT2D eigenvalue weighted by molar-refractivity contribution is 5.80. The Morgan fingerprint density at radius 3 is 2.75 bits per heavy atom. The van der Waals surface area contributed by atoms with Gasteiger partial charge in [0, 0.05) is 18.8 Å². The Morgan fingerprint density at radius 2 is 2.00 bits per heavy atom. The van der Waals surface area contributed by atoms with Crippen molar-refractivity contribution in [2.45, 2.75) is 0 Å². The third kappa shape index (κ3) is 1.25. The highest BCUT2D eigenvalue weighted by Crippen LogP contribution is 2.21. The van der Waals surface area contributed by atoms with Crippen molar-refractivity contribution in [2.75, 3.05) is 0 Å². The first-order valence-electron chi connectivity index (χ1n) is 4.94. The van der Waals surface area contributed by atoms with Crippen molar-refractivity contribution < 1.29 is 0 Å². The lowest BCUT2D eigenvalue weighted by atomic mass is 10.1. The van der Waals surface area contributed by atoms with Gasteiger partial charge in [0.15, 0.2) is 0 Å². The van der Waals surface area contributed by atoms with Gasteiger partial charge in [-0.2, -0.15) is 5.10 Å². The van der Waals surface area contributed by atoms with Crippen molar-refractivity contribution in [3.63, 3.8) is 0 Å². The van der Waals surface area contributed by atoms with Gasteiger partial charge in [0.1, 0.15) is 0 Å². The average molecular weight is 214 g/mol. The highest BCUT2D eigenvalue weighted by atomic mass is 16.1. The minimum Gasteiger partial charge on any atom is -0.306 e. The number of nitrogens with zero attached hydrogens (tertiary/aromatic N) is 2. The van der Waals surface area contributed by atoms with Gasteiger partial charge in [-0.1, -0.05) is 6.07 Å². The molecule has 1 aromatic carbocycles. The third-order valence-corrected chi connectivity index (χ3v) is 2.63. The van der Waals surface area contributed by atoms with Crippen LogP contribution in [0, 0.1) is 0 Å². The summed E-state index contributed by atoms with van der Waals surface area (Å²) < 4.78 is 1.80. The van der Waals surface area contributed by atoms with Crippen LogP contribution in [0.5, 0.6) is 0 Å². The van der Waals surface area contributed by atoms with Crippen LogP contribution in [-0.2, 0) is 7.05 Å². The van der Waals surface area contributed by atoms with Crippen LogP contribution in [-0.4, -0.2) is 19.7 Å². The fourth-order valence-electron chi connectivity index (χ4n) is 1.85. The van der Waals surface area contributed by atoms with Crippen LogP contribution in [0.3, 0.4) is 0 Å². The maximum Gasteiger partial charge on any atom is 0.323 e. The van der Waals surface area contributed by atoms with Gasteiger partial charge in [-0.05, 0) is 18.2 Å². The Kier molecular flexibility index (Phi) is 1.73. The number of imidazole rings is 1. The Morgan fingerprint density at radius 1 is 1.19 bits per heavy atom. The summed E-state index contributed by atoms with van der Waals surface area (Å²) in [7, 11) is 1.89. The molecule has 0 bridgehead atoms. The molecule has 2 N–H and O–H groups in total. The fourth-order valence-corrected chi connectivity index (χ4v) is 1.85. The first kappa shape index (κ1) is 8.96. The van der Waals surface area contributed by atoms with Crippen LogP contribution in [0.4, 0.5) is 0 Å². The maximum absolute atomic E-state index is 11.1. The second-order valence-corrected chi connectivity index (χ2v) is 3.68. The Labute approximate surface area is 90.7 Å². The van der Waals surface area contributed by atoms with E-state index in [0.29, 0.717) is 0 Å². The number of aromatic nitrogens is 4. The molecular weight excluding hydrogens is 204 g/mol. The van der Waals surface area contributed by atoms with E-state index in [9.17, 15) is 4.79 Å². The van der Waals surface area contributed by atoms with Crippen LogP contribution >= 0.6 is 0 Å². The molecule has 0 aliphatic heterocycles. The van der Waals surface area contributed by atoms with Crippen molar-refractivity contribution in [2.24, 2.45) is 7.05 Å². The first-order valence-corrected chi connectivity index (χ1v) is 4.94. The second-order valence-electron chi connectivity index (χ2n) is 3.68. The molecule has 0 saturated carbocycles. The normalized spacial score (nSPS) is 11.1. The van der Waals surface area contributed by atoms with Crippen molar-refractivity contribution in [3.05, 3.63) is 40.9 Å². The first-order chi connectivity index (χ1) is 7.74. The zero-order valence-corrected chi connectivity index (χ0v) is 8.69. The molecular formula is C11H10N4O. The van der Waals surface area contributed by atoms with E-state index < -0.39 is 0 Å². The molecule has 5 nitrogen and oxygen atoms in total. The minimum absolute atomic E-state index is 0.183. The molecule has 80 valence electrons. The predicted octanol–water partition coefficient (Wildman–Crippen LogP) is 1.26. The van der Waals surface area contributed by atoms with Gasteiger partial charge in [-0.15, -0.1) is 0 Å². The Balaban J connectivity index is 2.26. The summed E-state index contributed by atoms with van der Waals surface area (Å²) >= 11 is 0. The monoisotopic (exact) mass is 214 g/mol. The number of H-pyrrole nitrogens is 2. The van der Waals surface area contributed by atoms with Gasteiger partial charge in [-0.3, -0.25) is 4.68 Å². The Hall–Kier alpha value is -2.30. The van der Waals surface area contributed by atoms with E-state index >= 15 is 0 Å². The largest absolute Gasteiger partial charge is 0.323 e. The molecule has 3 aromatic rings. The van der Waals surface area contributed by atoms with Crippen molar-refractivity contribution >= 4 is 11.0 Å². The van der Waals surface area contributed by atoms with E-state index in [1.54, 1.807) is 10.9 Å². The molecule has 2 heterocycles. The molecule has 0 fully saturated rings. The number of fused-ring (bicyclic) bond motifs is 1. The number of benzene rings is 1. The summed E-state index contributed by atoms with van der Waals surface area (Å²) in [6, 6.07) is 7.72. The molecule has 0 radical (unpaired) electrons. The molecule has 0 spiro atoms. The number of hydrogen-bond donors (Lipinski definition) is 2. The molecule has 0 aliphatic carbocycles. The summed E-state index contributed by atoms with van der Waals surface area (Å²) in [5.41, 5.74) is 3.49. The Bertz CT molecular complexity index is 704. The lowest BCUT2D eigenvalue weighted by molar-refractivity contribution is 0.776. The molecule has 0 aliphatic rings. The van der Waals surface area contributed by atoms with Crippen LogP contribution in [0.15, 0.2) is 35.3 Å². The average Bonchev–Trinajstić information content (AvgIpc) is 2.81. The van der Waals surface area contributed by atoms with E-state index in [-0.39, 0.29) is 5.69 Å². The molecule has 0 atom stereocenters. The molecule has 3 rings (SSSR count). The van der Waals surface area contributed by atoms with Gasteiger partial charge >= 0.3 is 5.69 Å². The molecule has 5 heteroatoms.